The molecular weight excluding hydrogens is 364 g/mol. The van der Waals surface area contributed by atoms with Gasteiger partial charge in [-0.3, -0.25) is 4.98 Å². The van der Waals surface area contributed by atoms with E-state index < -0.39 is 16.0 Å². The highest BCUT2D eigenvalue weighted by Gasteiger charge is 2.32. The van der Waals surface area contributed by atoms with Crippen molar-refractivity contribution < 1.29 is 17.9 Å². The fraction of sp³-hybridized carbons (Fsp3) is 0.400. The molecule has 0 aliphatic carbocycles. The number of carbonyl (C=O) groups is 1. The lowest BCUT2D eigenvalue weighted by atomic mass is 9.94. The molecule has 0 spiro atoms. The average Bonchev–Trinajstić information content (AvgIpc) is 2.66. The van der Waals surface area contributed by atoms with Crippen LogP contribution in [0.5, 0.6) is 0 Å². The molecule has 2 atom stereocenters. The molecule has 0 saturated carbocycles. The zero-order valence-corrected chi connectivity index (χ0v) is 16.4. The van der Waals surface area contributed by atoms with Gasteiger partial charge >= 0.3 is 5.97 Å². The van der Waals surface area contributed by atoms with E-state index in [4.69, 9.17) is 4.74 Å². The summed E-state index contributed by atoms with van der Waals surface area (Å²) in [4.78, 5) is 16.4. The Labute approximate surface area is 160 Å². The molecular formula is C20H24N2O4S. The zero-order valence-electron chi connectivity index (χ0n) is 15.5. The third kappa shape index (κ3) is 4.73. The van der Waals surface area contributed by atoms with Crippen LogP contribution in [0.2, 0.25) is 0 Å². The van der Waals surface area contributed by atoms with Gasteiger partial charge in [-0.05, 0) is 42.5 Å². The van der Waals surface area contributed by atoms with Crippen molar-refractivity contribution in [2.45, 2.75) is 31.8 Å². The number of rotatable bonds is 5. The van der Waals surface area contributed by atoms with Gasteiger partial charge in [0.15, 0.2) is 0 Å². The Morgan fingerprint density at radius 2 is 1.93 bits per heavy atom. The van der Waals surface area contributed by atoms with E-state index in [1.54, 1.807) is 36.7 Å². The maximum absolute atomic E-state index is 13.0. The maximum Gasteiger partial charge on any atom is 0.338 e. The van der Waals surface area contributed by atoms with E-state index in [9.17, 15) is 13.2 Å². The van der Waals surface area contributed by atoms with Gasteiger partial charge in [-0.2, -0.15) is 4.31 Å². The van der Waals surface area contributed by atoms with Crippen LogP contribution >= 0.6 is 0 Å². The molecule has 6 nitrogen and oxygen atoms in total. The molecule has 0 unspecified atom stereocenters. The minimum Gasteiger partial charge on any atom is -0.457 e. The van der Waals surface area contributed by atoms with Crippen molar-refractivity contribution in [3.05, 3.63) is 59.9 Å². The van der Waals surface area contributed by atoms with Crippen molar-refractivity contribution >= 4 is 16.0 Å². The van der Waals surface area contributed by atoms with Crippen LogP contribution < -0.4 is 0 Å². The van der Waals surface area contributed by atoms with Gasteiger partial charge in [-0.25, -0.2) is 13.2 Å². The second kappa shape index (κ2) is 8.19. The highest BCUT2D eigenvalue weighted by atomic mass is 32.2. The number of piperidine rings is 1. The van der Waals surface area contributed by atoms with Crippen molar-refractivity contribution in [1.82, 2.24) is 9.29 Å². The first-order valence-electron chi connectivity index (χ1n) is 9.02. The molecule has 1 aliphatic heterocycles. The summed E-state index contributed by atoms with van der Waals surface area (Å²) in [6.45, 7) is 5.21. The van der Waals surface area contributed by atoms with Crippen LogP contribution in [0.3, 0.4) is 0 Å². The molecule has 1 fully saturated rings. The number of ether oxygens (including phenoxy) is 1. The van der Waals surface area contributed by atoms with Gasteiger partial charge in [0.2, 0.25) is 10.0 Å². The number of esters is 1. The molecule has 3 rings (SSSR count). The van der Waals surface area contributed by atoms with Gasteiger partial charge in [0.25, 0.3) is 0 Å². The molecule has 1 aromatic heterocycles. The van der Waals surface area contributed by atoms with Crippen LogP contribution in [0.1, 0.15) is 36.2 Å². The summed E-state index contributed by atoms with van der Waals surface area (Å²) >= 11 is 0. The first kappa shape index (κ1) is 19.5. The van der Waals surface area contributed by atoms with Crippen LogP contribution in [0, 0.1) is 11.8 Å². The maximum atomic E-state index is 13.0. The summed E-state index contributed by atoms with van der Waals surface area (Å²) in [5, 5.41) is 0. The lowest BCUT2D eigenvalue weighted by Gasteiger charge is -2.34. The van der Waals surface area contributed by atoms with E-state index in [0.29, 0.717) is 24.9 Å². The molecule has 2 heterocycles. The minimum absolute atomic E-state index is 0.0881. The summed E-state index contributed by atoms with van der Waals surface area (Å²) in [6.07, 6.45) is 4.28. The van der Waals surface area contributed by atoms with Crippen LogP contribution in [-0.4, -0.2) is 36.8 Å². The van der Waals surface area contributed by atoms with Crippen molar-refractivity contribution in [3.63, 3.8) is 0 Å². The number of hydrogen-bond donors (Lipinski definition) is 0. The Hall–Kier alpha value is -2.25. The Kier molecular flexibility index (Phi) is 5.92. The van der Waals surface area contributed by atoms with E-state index in [-0.39, 0.29) is 17.1 Å². The van der Waals surface area contributed by atoms with Gasteiger partial charge in [-0.1, -0.05) is 26.0 Å². The number of benzene rings is 1. The molecule has 144 valence electrons. The smallest absolute Gasteiger partial charge is 0.338 e. The Bertz CT molecular complexity index is 889. The summed E-state index contributed by atoms with van der Waals surface area (Å²) in [7, 11) is -3.64. The quantitative estimate of drug-likeness (QED) is 0.736. The van der Waals surface area contributed by atoms with Crippen LogP contribution in [-0.2, 0) is 21.4 Å². The molecule has 0 N–H and O–H groups in total. The van der Waals surface area contributed by atoms with Crippen molar-refractivity contribution in [3.8, 4) is 0 Å². The highest BCUT2D eigenvalue weighted by Crippen LogP contribution is 2.27. The third-order valence-electron chi connectivity index (χ3n) is 4.64. The summed E-state index contributed by atoms with van der Waals surface area (Å²) in [5.74, 6) is 0.0728. The molecule has 1 saturated heterocycles. The lowest BCUT2D eigenvalue weighted by Crippen LogP contribution is -2.42. The summed E-state index contributed by atoms with van der Waals surface area (Å²) in [5.41, 5.74) is 0.990. The van der Waals surface area contributed by atoms with Crippen LogP contribution in [0.15, 0.2) is 53.7 Å². The zero-order chi connectivity index (χ0) is 19.4. The normalized spacial score (nSPS) is 21.0. The first-order chi connectivity index (χ1) is 12.9. The third-order valence-corrected chi connectivity index (χ3v) is 6.46. The predicted molar refractivity (Wildman–Crippen MR) is 102 cm³/mol. The molecule has 1 aliphatic rings. The van der Waals surface area contributed by atoms with Crippen molar-refractivity contribution in [1.29, 1.82) is 0 Å². The molecule has 7 heteroatoms. The lowest BCUT2D eigenvalue weighted by molar-refractivity contribution is 0.0472. The van der Waals surface area contributed by atoms with Gasteiger partial charge in [0, 0.05) is 31.0 Å². The molecule has 27 heavy (non-hydrogen) atoms. The second-order valence-corrected chi connectivity index (χ2v) is 9.17. The molecule has 0 amide bonds. The van der Waals surface area contributed by atoms with Crippen molar-refractivity contribution in [2.75, 3.05) is 13.1 Å². The number of pyridine rings is 1. The van der Waals surface area contributed by atoms with Gasteiger partial charge < -0.3 is 4.74 Å². The fourth-order valence-corrected chi connectivity index (χ4v) is 5.18. The largest absolute Gasteiger partial charge is 0.457 e. The number of carbonyl (C=O) groups excluding carboxylic acids is 1. The SMILES string of the molecule is C[C@@H]1C[C@H](C)CN(S(=O)(=O)c2cccc(C(=O)OCc3cccnc3)c2)C1. The van der Waals surface area contributed by atoms with Crippen LogP contribution in [0.25, 0.3) is 0 Å². The van der Waals surface area contributed by atoms with E-state index in [1.165, 1.54) is 16.4 Å². The molecule has 0 radical (unpaired) electrons. The standard InChI is InChI=1S/C20H24N2O4S/c1-15-9-16(2)13-22(12-15)27(24,25)19-7-3-6-18(10-19)20(23)26-14-17-5-4-8-21-11-17/h3-8,10-11,15-16H,9,12-14H2,1-2H3/t15-,16+. The highest BCUT2D eigenvalue weighted by molar-refractivity contribution is 7.89. The molecule has 1 aromatic carbocycles. The first-order valence-corrected chi connectivity index (χ1v) is 10.5. The summed E-state index contributed by atoms with van der Waals surface area (Å²) in [6, 6.07) is 9.62. The van der Waals surface area contributed by atoms with E-state index in [1.807, 2.05) is 0 Å². The predicted octanol–water partition coefficient (Wildman–Crippen LogP) is 3.11. The molecule has 2 aromatic rings. The molecule has 0 bridgehead atoms. The van der Waals surface area contributed by atoms with Gasteiger partial charge in [0.1, 0.15) is 6.61 Å². The van der Waals surface area contributed by atoms with E-state index >= 15 is 0 Å². The van der Waals surface area contributed by atoms with E-state index in [2.05, 4.69) is 18.8 Å². The Balaban J connectivity index is 1.75. The number of nitrogens with zero attached hydrogens (tertiary/aromatic N) is 2. The Morgan fingerprint density at radius 1 is 1.19 bits per heavy atom. The topological polar surface area (TPSA) is 76.6 Å². The van der Waals surface area contributed by atoms with Crippen LogP contribution in [0.4, 0.5) is 0 Å². The number of hydrogen-bond acceptors (Lipinski definition) is 5. The number of aromatic nitrogens is 1. The minimum atomic E-state index is -3.64. The van der Waals surface area contributed by atoms with Gasteiger partial charge in [0.05, 0.1) is 10.5 Å². The van der Waals surface area contributed by atoms with Gasteiger partial charge in [-0.15, -0.1) is 0 Å². The summed E-state index contributed by atoms with van der Waals surface area (Å²) < 4.78 is 32.8. The fourth-order valence-electron chi connectivity index (χ4n) is 3.45. The Morgan fingerprint density at radius 3 is 2.59 bits per heavy atom. The average molecular weight is 388 g/mol. The van der Waals surface area contributed by atoms with Crippen molar-refractivity contribution in [2.24, 2.45) is 11.8 Å². The monoisotopic (exact) mass is 388 g/mol. The number of sulfonamides is 1. The second-order valence-electron chi connectivity index (χ2n) is 7.23. The van der Waals surface area contributed by atoms with E-state index in [0.717, 1.165) is 12.0 Å².